The summed E-state index contributed by atoms with van der Waals surface area (Å²) in [6, 6.07) is 10.7. The Hall–Kier alpha value is -3.41. The topological polar surface area (TPSA) is 71.3 Å². The van der Waals surface area contributed by atoms with E-state index in [1.807, 2.05) is 32.0 Å². The molecule has 0 unspecified atom stereocenters. The third kappa shape index (κ3) is 5.07. The van der Waals surface area contributed by atoms with Gasteiger partial charge in [0, 0.05) is 5.69 Å². The number of methoxy groups -OCH3 is 1. The van der Waals surface area contributed by atoms with E-state index in [9.17, 15) is 10.1 Å². The maximum Gasteiger partial charge on any atom is 0.266 e. The van der Waals surface area contributed by atoms with Gasteiger partial charge in [0.2, 0.25) is 0 Å². The van der Waals surface area contributed by atoms with Gasteiger partial charge < -0.3 is 14.8 Å². The normalized spacial score (nSPS) is 10.6. The molecule has 0 fully saturated rings. The number of ether oxygens (including phenoxy) is 2. The predicted octanol–water partition coefficient (Wildman–Crippen LogP) is 4.52. The number of hydrogen-bond donors (Lipinski definition) is 1. The van der Waals surface area contributed by atoms with Gasteiger partial charge in [-0.05, 0) is 49.2 Å². The Balaban J connectivity index is 2.33. The van der Waals surface area contributed by atoms with E-state index in [1.165, 1.54) is 13.2 Å². The van der Waals surface area contributed by atoms with Gasteiger partial charge in [-0.1, -0.05) is 35.2 Å². The van der Waals surface area contributed by atoms with Crippen LogP contribution in [0.2, 0.25) is 5.02 Å². The molecule has 0 heterocycles. The molecule has 0 bridgehead atoms. The van der Waals surface area contributed by atoms with Gasteiger partial charge in [-0.25, -0.2) is 0 Å². The molecule has 0 aromatic heterocycles. The van der Waals surface area contributed by atoms with Crippen LogP contribution >= 0.6 is 11.6 Å². The van der Waals surface area contributed by atoms with Gasteiger partial charge >= 0.3 is 0 Å². The van der Waals surface area contributed by atoms with Crippen LogP contribution in [-0.2, 0) is 4.79 Å². The lowest BCUT2D eigenvalue weighted by Gasteiger charge is -2.12. The van der Waals surface area contributed by atoms with Crippen LogP contribution in [0.4, 0.5) is 5.69 Å². The van der Waals surface area contributed by atoms with Gasteiger partial charge in [0.15, 0.2) is 11.5 Å². The summed E-state index contributed by atoms with van der Waals surface area (Å²) in [6.45, 7) is 3.89. The number of nitrogens with zero attached hydrogens (tertiary/aromatic N) is 1. The largest absolute Gasteiger partial charge is 0.493 e. The molecule has 1 amide bonds. The molecule has 5 nitrogen and oxygen atoms in total. The molecular formula is C22H19ClN2O3. The first-order valence-electron chi connectivity index (χ1n) is 8.33. The number of aryl methyl sites for hydroxylation is 2. The fourth-order valence-corrected chi connectivity index (χ4v) is 2.81. The Morgan fingerprint density at radius 2 is 2.07 bits per heavy atom. The highest BCUT2D eigenvalue weighted by molar-refractivity contribution is 6.32. The van der Waals surface area contributed by atoms with Crippen molar-refractivity contribution in [3.05, 3.63) is 57.6 Å². The molecule has 2 aromatic carbocycles. The number of nitrogens with one attached hydrogen (secondary N) is 1. The second-order valence-electron chi connectivity index (χ2n) is 5.97. The van der Waals surface area contributed by atoms with E-state index in [0.717, 1.165) is 11.1 Å². The molecule has 6 heteroatoms. The second kappa shape index (κ2) is 9.50. The van der Waals surface area contributed by atoms with Crippen molar-refractivity contribution < 1.29 is 14.3 Å². The minimum Gasteiger partial charge on any atom is -0.493 e. The lowest BCUT2D eigenvalue weighted by atomic mass is 10.1. The molecule has 0 atom stereocenters. The van der Waals surface area contributed by atoms with Gasteiger partial charge in [0.05, 0.1) is 12.1 Å². The lowest BCUT2D eigenvalue weighted by Crippen LogP contribution is -2.14. The van der Waals surface area contributed by atoms with Crippen LogP contribution in [0.3, 0.4) is 0 Å². The highest BCUT2D eigenvalue weighted by atomic mass is 35.5. The quantitative estimate of drug-likeness (QED) is 0.444. The van der Waals surface area contributed by atoms with Gasteiger partial charge in [0.1, 0.15) is 18.2 Å². The minimum atomic E-state index is -0.516. The highest BCUT2D eigenvalue weighted by Gasteiger charge is 2.14. The first kappa shape index (κ1) is 20.9. The number of terminal acetylenes is 1. The van der Waals surface area contributed by atoms with Gasteiger partial charge in [0.25, 0.3) is 5.91 Å². The van der Waals surface area contributed by atoms with Crippen molar-refractivity contribution in [2.45, 2.75) is 13.8 Å². The second-order valence-corrected chi connectivity index (χ2v) is 6.38. The van der Waals surface area contributed by atoms with E-state index in [-0.39, 0.29) is 17.2 Å². The van der Waals surface area contributed by atoms with Gasteiger partial charge in [-0.3, -0.25) is 4.79 Å². The number of halogens is 1. The zero-order valence-corrected chi connectivity index (χ0v) is 16.6. The van der Waals surface area contributed by atoms with E-state index in [0.29, 0.717) is 22.7 Å². The Labute approximate surface area is 169 Å². The monoisotopic (exact) mass is 394 g/mol. The van der Waals surface area contributed by atoms with Crippen LogP contribution in [0.5, 0.6) is 11.5 Å². The summed E-state index contributed by atoms with van der Waals surface area (Å²) in [6.07, 6.45) is 6.63. The van der Waals surface area contributed by atoms with Crippen molar-refractivity contribution in [3.63, 3.8) is 0 Å². The Kier molecular flexibility index (Phi) is 7.09. The standard InChI is InChI=1S/C22H19ClN2O3/c1-5-8-28-21-18(23)11-16(12-20(21)27-4)10-17(13-24)22(26)25-19-7-6-14(2)9-15(19)3/h1,6-7,9-12H,8H2,2-4H3,(H,25,26)/b17-10+. The molecule has 0 saturated heterocycles. The average Bonchev–Trinajstić information content (AvgIpc) is 2.66. The van der Waals surface area contributed by atoms with Crippen LogP contribution in [0.25, 0.3) is 6.08 Å². The van der Waals surface area contributed by atoms with Crippen molar-refractivity contribution >= 4 is 29.3 Å². The molecule has 0 aliphatic heterocycles. The fourth-order valence-electron chi connectivity index (χ4n) is 2.54. The van der Waals surface area contributed by atoms with Gasteiger partial charge in [-0.2, -0.15) is 5.26 Å². The van der Waals surface area contributed by atoms with Crippen LogP contribution in [-0.4, -0.2) is 19.6 Å². The van der Waals surface area contributed by atoms with Crippen LogP contribution in [0, 0.1) is 37.5 Å². The third-order valence-electron chi connectivity index (χ3n) is 3.86. The summed E-state index contributed by atoms with van der Waals surface area (Å²) < 4.78 is 10.7. The van der Waals surface area contributed by atoms with E-state index in [4.69, 9.17) is 27.5 Å². The summed E-state index contributed by atoms with van der Waals surface area (Å²) in [4.78, 5) is 12.5. The summed E-state index contributed by atoms with van der Waals surface area (Å²) in [5, 5.41) is 12.4. The van der Waals surface area contributed by atoms with Crippen molar-refractivity contribution in [2.24, 2.45) is 0 Å². The van der Waals surface area contributed by atoms with Crippen LogP contribution < -0.4 is 14.8 Å². The number of carbonyl (C=O) groups excluding carboxylic acids is 1. The van der Waals surface area contributed by atoms with E-state index in [2.05, 4.69) is 11.2 Å². The number of anilines is 1. The number of nitriles is 1. The van der Waals surface area contributed by atoms with Crippen molar-refractivity contribution in [3.8, 4) is 29.9 Å². The number of benzene rings is 2. The lowest BCUT2D eigenvalue weighted by molar-refractivity contribution is -0.112. The summed E-state index contributed by atoms with van der Waals surface area (Å²) >= 11 is 6.23. The molecule has 142 valence electrons. The Morgan fingerprint density at radius 3 is 2.68 bits per heavy atom. The molecule has 28 heavy (non-hydrogen) atoms. The maximum absolute atomic E-state index is 12.5. The molecular weight excluding hydrogens is 376 g/mol. The molecule has 0 saturated carbocycles. The smallest absolute Gasteiger partial charge is 0.266 e. The zero-order valence-electron chi connectivity index (χ0n) is 15.8. The minimum absolute atomic E-state index is 0.0347. The van der Waals surface area contributed by atoms with E-state index < -0.39 is 5.91 Å². The number of hydrogen-bond acceptors (Lipinski definition) is 4. The van der Waals surface area contributed by atoms with Crippen LogP contribution in [0.15, 0.2) is 35.9 Å². The predicted molar refractivity (Wildman–Crippen MR) is 110 cm³/mol. The molecule has 2 aromatic rings. The first-order valence-corrected chi connectivity index (χ1v) is 8.71. The van der Waals surface area contributed by atoms with Gasteiger partial charge in [-0.15, -0.1) is 6.42 Å². The van der Waals surface area contributed by atoms with E-state index in [1.54, 1.807) is 18.2 Å². The molecule has 0 spiro atoms. The molecule has 0 radical (unpaired) electrons. The molecule has 0 aliphatic carbocycles. The van der Waals surface area contributed by atoms with Crippen molar-refractivity contribution in [1.82, 2.24) is 0 Å². The Morgan fingerprint density at radius 1 is 1.32 bits per heavy atom. The van der Waals surface area contributed by atoms with Crippen molar-refractivity contribution in [1.29, 1.82) is 5.26 Å². The van der Waals surface area contributed by atoms with Crippen LogP contribution in [0.1, 0.15) is 16.7 Å². The fraction of sp³-hybridized carbons (Fsp3) is 0.182. The number of carbonyl (C=O) groups is 1. The number of rotatable bonds is 6. The highest BCUT2D eigenvalue weighted by Crippen LogP contribution is 2.37. The Bertz CT molecular complexity index is 1010. The molecule has 0 aliphatic rings. The molecule has 1 N–H and O–H groups in total. The summed E-state index contributed by atoms with van der Waals surface area (Å²) in [7, 11) is 1.46. The van der Waals surface area contributed by atoms with Crippen molar-refractivity contribution in [2.75, 3.05) is 19.0 Å². The molecule has 2 rings (SSSR count). The maximum atomic E-state index is 12.5. The summed E-state index contributed by atoms with van der Waals surface area (Å²) in [5.74, 6) is 2.49. The third-order valence-corrected chi connectivity index (χ3v) is 4.14. The average molecular weight is 395 g/mol. The summed E-state index contributed by atoms with van der Waals surface area (Å²) in [5.41, 5.74) is 3.08. The van der Waals surface area contributed by atoms with E-state index >= 15 is 0 Å². The SMILES string of the molecule is C#CCOc1c(Cl)cc(/C=C(\C#N)C(=O)Nc2ccc(C)cc2C)cc1OC. The zero-order chi connectivity index (χ0) is 20.7. The first-order chi connectivity index (χ1) is 13.4. The number of amides is 1.